The Morgan fingerprint density at radius 1 is 1.22 bits per heavy atom. The monoisotopic (exact) mass is 310 g/mol. The van der Waals surface area contributed by atoms with Crippen LogP contribution in [-0.2, 0) is 16.0 Å². The molecule has 0 saturated carbocycles. The Morgan fingerprint density at radius 2 is 2.04 bits per heavy atom. The number of hydrogen-bond donors (Lipinski definition) is 2. The number of hydrogen-bond acceptors (Lipinski definition) is 3. The van der Waals surface area contributed by atoms with E-state index < -0.39 is 0 Å². The number of carbonyl (C=O) groups excluding carboxylic acids is 2. The molecule has 2 N–H and O–H groups in total. The van der Waals surface area contributed by atoms with Gasteiger partial charge in [-0.1, -0.05) is 18.2 Å². The Kier molecular flexibility index (Phi) is 4.28. The summed E-state index contributed by atoms with van der Waals surface area (Å²) in [5.41, 5.74) is 3.64. The van der Waals surface area contributed by atoms with Gasteiger partial charge in [-0.2, -0.15) is 0 Å². The van der Waals surface area contributed by atoms with E-state index in [1.165, 1.54) is 0 Å². The normalized spacial score (nSPS) is 13.0. The second-order valence-electron chi connectivity index (χ2n) is 5.52. The van der Waals surface area contributed by atoms with E-state index in [1.54, 1.807) is 12.1 Å². The highest BCUT2D eigenvalue weighted by Crippen LogP contribution is 2.26. The smallest absolute Gasteiger partial charge is 0.262 e. The fourth-order valence-electron chi connectivity index (χ4n) is 2.50. The van der Waals surface area contributed by atoms with Crippen LogP contribution in [0.5, 0.6) is 5.75 Å². The first-order valence-electron chi connectivity index (χ1n) is 7.53. The maximum absolute atomic E-state index is 12.0. The highest BCUT2D eigenvalue weighted by molar-refractivity contribution is 5.94. The van der Waals surface area contributed by atoms with Gasteiger partial charge in [0.25, 0.3) is 5.91 Å². The number of rotatable bonds is 4. The van der Waals surface area contributed by atoms with E-state index in [9.17, 15) is 9.59 Å². The summed E-state index contributed by atoms with van der Waals surface area (Å²) >= 11 is 0. The minimum atomic E-state index is -0.203. The van der Waals surface area contributed by atoms with Crippen LogP contribution in [-0.4, -0.2) is 18.4 Å². The molecular weight excluding hydrogens is 292 g/mol. The fraction of sp³-hybridized carbons (Fsp3) is 0.222. The van der Waals surface area contributed by atoms with Crippen LogP contribution >= 0.6 is 0 Å². The van der Waals surface area contributed by atoms with E-state index in [2.05, 4.69) is 10.6 Å². The van der Waals surface area contributed by atoms with Gasteiger partial charge in [-0.3, -0.25) is 9.59 Å². The van der Waals surface area contributed by atoms with Crippen molar-refractivity contribution in [2.75, 3.05) is 17.2 Å². The quantitative estimate of drug-likeness (QED) is 0.912. The summed E-state index contributed by atoms with van der Waals surface area (Å²) in [4.78, 5) is 23.3. The lowest BCUT2D eigenvalue weighted by Gasteiger charge is -2.17. The molecule has 0 unspecified atom stereocenters. The van der Waals surface area contributed by atoms with Gasteiger partial charge in [0.05, 0.1) is 0 Å². The number of anilines is 2. The molecular formula is C18H18N2O3. The number of carbonyl (C=O) groups is 2. The molecule has 0 aromatic heterocycles. The van der Waals surface area contributed by atoms with Crippen molar-refractivity contribution >= 4 is 23.2 Å². The van der Waals surface area contributed by atoms with Crippen molar-refractivity contribution in [2.24, 2.45) is 0 Å². The summed E-state index contributed by atoms with van der Waals surface area (Å²) in [6.45, 7) is 1.88. The molecule has 23 heavy (non-hydrogen) atoms. The van der Waals surface area contributed by atoms with Crippen LogP contribution in [0.25, 0.3) is 0 Å². The van der Waals surface area contributed by atoms with Crippen molar-refractivity contribution in [2.45, 2.75) is 19.8 Å². The molecule has 5 heteroatoms. The predicted octanol–water partition coefficient (Wildman–Crippen LogP) is 2.90. The zero-order chi connectivity index (χ0) is 16.2. The highest BCUT2D eigenvalue weighted by atomic mass is 16.5. The van der Waals surface area contributed by atoms with Crippen LogP contribution in [0.3, 0.4) is 0 Å². The SMILES string of the molecule is Cc1ccccc1NC(=O)COc1ccc2c(c1)CCC(=O)N2. The Hall–Kier alpha value is -2.82. The molecule has 2 aromatic carbocycles. The standard InChI is InChI=1S/C18H18N2O3/c1-12-4-2-3-5-15(12)19-18(22)11-23-14-7-8-16-13(10-14)6-9-17(21)20-16/h2-5,7-8,10H,6,9,11H2,1H3,(H,19,22)(H,20,21). The van der Waals surface area contributed by atoms with Gasteiger partial charge in [0.2, 0.25) is 5.91 Å². The highest BCUT2D eigenvalue weighted by Gasteiger charge is 2.15. The number of amides is 2. The molecule has 1 heterocycles. The molecule has 1 aliphatic heterocycles. The summed E-state index contributed by atoms with van der Waals surface area (Å²) in [5, 5.41) is 5.64. The molecule has 3 rings (SSSR count). The van der Waals surface area contributed by atoms with Gasteiger partial charge in [0.1, 0.15) is 5.75 Å². The Labute approximate surface area is 134 Å². The van der Waals surface area contributed by atoms with E-state index >= 15 is 0 Å². The largest absolute Gasteiger partial charge is 0.484 e. The third kappa shape index (κ3) is 3.69. The van der Waals surface area contributed by atoms with Gasteiger partial charge >= 0.3 is 0 Å². The van der Waals surface area contributed by atoms with E-state index in [0.717, 1.165) is 22.5 Å². The van der Waals surface area contributed by atoms with Crippen molar-refractivity contribution in [3.05, 3.63) is 53.6 Å². The minimum Gasteiger partial charge on any atom is -0.484 e. The Morgan fingerprint density at radius 3 is 2.87 bits per heavy atom. The van der Waals surface area contributed by atoms with Crippen molar-refractivity contribution in [1.82, 2.24) is 0 Å². The van der Waals surface area contributed by atoms with Gasteiger partial charge in [-0.05, 0) is 48.7 Å². The number of ether oxygens (including phenoxy) is 1. The first kappa shape index (κ1) is 15.1. The van der Waals surface area contributed by atoms with Crippen molar-refractivity contribution < 1.29 is 14.3 Å². The average Bonchev–Trinajstić information content (AvgIpc) is 2.55. The molecule has 0 fully saturated rings. The van der Waals surface area contributed by atoms with Crippen molar-refractivity contribution in [1.29, 1.82) is 0 Å². The molecule has 0 aliphatic carbocycles. The van der Waals surface area contributed by atoms with Gasteiger partial charge in [-0.25, -0.2) is 0 Å². The van der Waals surface area contributed by atoms with E-state index in [1.807, 2.05) is 37.3 Å². The zero-order valence-corrected chi connectivity index (χ0v) is 12.9. The molecule has 0 saturated heterocycles. The summed E-state index contributed by atoms with van der Waals surface area (Å²) in [6, 6.07) is 13.0. The molecule has 1 aliphatic rings. The van der Waals surface area contributed by atoms with Crippen LogP contribution in [0, 0.1) is 6.92 Å². The molecule has 0 radical (unpaired) electrons. The number of para-hydroxylation sites is 1. The lowest BCUT2D eigenvalue weighted by Crippen LogP contribution is -2.21. The Balaban J connectivity index is 1.59. The minimum absolute atomic E-state index is 0.0313. The maximum atomic E-state index is 12.0. The maximum Gasteiger partial charge on any atom is 0.262 e. The van der Waals surface area contributed by atoms with E-state index in [-0.39, 0.29) is 18.4 Å². The Bertz CT molecular complexity index is 756. The van der Waals surface area contributed by atoms with Gasteiger partial charge in [0, 0.05) is 17.8 Å². The lowest BCUT2D eigenvalue weighted by molar-refractivity contribution is -0.118. The lowest BCUT2D eigenvalue weighted by atomic mass is 10.0. The summed E-state index contributed by atoms with van der Waals surface area (Å²) in [5.74, 6) is 0.453. The molecule has 2 aromatic rings. The second kappa shape index (κ2) is 6.52. The van der Waals surface area contributed by atoms with Crippen LogP contribution in [0.4, 0.5) is 11.4 Å². The summed E-state index contributed by atoms with van der Waals surface area (Å²) < 4.78 is 5.55. The third-order valence-corrected chi connectivity index (χ3v) is 3.76. The topological polar surface area (TPSA) is 67.4 Å². The first-order valence-corrected chi connectivity index (χ1v) is 7.53. The van der Waals surface area contributed by atoms with Crippen LogP contribution < -0.4 is 15.4 Å². The van der Waals surface area contributed by atoms with Crippen molar-refractivity contribution in [3.63, 3.8) is 0 Å². The van der Waals surface area contributed by atoms with Gasteiger partial charge in [-0.15, -0.1) is 0 Å². The number of fused-ring (bicyclic) bond motifs is 1. The molecule has 0 atom stereocenters. The van der Waals surface area contributed by atoms with Crippen LogP contribution in [0.1, 0.15) is 17.5 Å². The van der Waals surface area contributed by atoms with E-state index in [4.69, 9.17) is 4.74 Å². The fourth-order valence-corrected chi connectivity index (χ4v) is 2.50. The van der Waals surface area contributed by atoms with Gasteiger partial charge in [0.15, 0.2) is 6.61 Å². The molecule has 0 spiro atoms. The number of aryl methyl sites for hydroxylation is 2. The van der Waals surface area contributed by atoms with Crippen molar-refractivity contribution in [3.8, 4) is 5.75 Å². The molecule has 5 nitrogen and oxygen atoms in total. The first-order chi connectivity index (χ1) is 11.1. The zero-order valence-electron chi connectivity index (χ0n) is 12.9. The van der Waals surface area contributed by atoms with Crippen LogP contribution in [0.2, 0.25) is 0 Å². The second-order valence-corrected chi connectivity index (χ2v) is 5.52. The average molecular weight is 310 g/mol. The van der Waals surface area contributed by atoms with Gasteiger partial charge < -0.3 is 15.4 Å². The summed E-state index contributed by atoms with van der Waals surface area (Å²) in [7, 11) is 0. The third-order valence-electron chi connectivity index (χ3n) is 3.76. The number of benzene rings is 2. The summed E-state index contributed by atoms with van der Waals surface area (Å²) in [6.07, 6.45) is 1.16. The number of nitrogens with one attached hydrogen (secondary N) is 2. The molecule has 2 amide bonds. The molecule has 0 bridgehead atoms. The van der Waals surface area contributed by atoms with Crippen LogP contribution in [0.15, 0.2) is 42.5 Å². The predicted molar refractivity (Wildman–Crippen MR) is 88.7 cm³/mol. The van der Waals surface area contributed by atoms with E-state index in [0.29, 0.717) is 18.6 Å². The molecule has 118 valence electrons.